The Labute approximate surface area is 117 Å². The topological polar surface area (TPSA) is 49.5 Å². The Hall–Kier alpha value is -1.36. The van der Waals surface area contributed by atoms with Gasteiger partial charge in [0, 0.05) is 19.0 Å². The van der Waals surface area contributed by atoms with Crippen LogP contribution >= 0.6 is 0 Å². The van der Waals surface area contributed by atoms with Crippen LogP contribution in [-0.4, -0.2) is 23.8 Å². The van der Waals surface area contributed by atoms with Crippen molar-refractivity contribution in [2.24, 2.45) is 5.92 Å². The molecule has 3 N–H and O–H groups in total. The lowest BCUT2D eigenvalue weighted by atomic mass is 9.71. The van der Waals surface area contributed by atoms with Crippen LogP contribution in [0.3, 0.4) is 0 Å². The number of nitrogen functional groups attached to an aromatic ring is 1. The molecule has 1 aromatic rings. The van der Waals surface area contributed by atoms with Crippen molar-refractivity contribution in [1.82, 2.24) is 0 Å². The normalized spacial score (nSPS) is 30.1. The van der Waals surface area contributed by atoms with Crippen molar-refractivity contribution in [2.75, 3.05) is 23.7 Å². The van der Waals surface area contributed by atoms with E-state index < -0.39 is 17.2 Å². The molecule has 1 saturated carbocycles. The summed E-state index contributed by atoms with van der Waals surface area (Å²) in [6.07, 6.45) is 4.47. The van der Waals surface area contributed by atoms with E-state index in [0.29, 0.717) is 19.5 Å². The summed E-state index contributed by atoms with van der Waals surface area (Å²) >= 11 is 0. The first-order valence-electron chi connectivity index (χ1n) is 7.22. The van der Waals surface area contributed by atoms with Crippen LogP contribution in [0.4, 0.5) is 20.2 Å². The van der Waals surface area contributed by atoms with Gasteiger partial charge >= 0.3 is 0 Å². The molecule has 1 heterocycles. The van der Waals surface area contributed by atoms with Gasteiger partial charge in [-0.2, -0.15) is 0 Å². The predicted octanol–water partition coefficient (Wildman–Crippen LogP) is 2.68. The molecule has 0 spiro atoms. The fourth-order valence-corrected chi connectivity index (χ4v) is 3.65. The number of benzene rings is 1. The van der Waals surface area contributed by atoms with Gasteiger partial charge in [0.25, 0.3) is 0 Å². The minimum absolute atomic E-state index is 0.118. The SMILES string of the molecule is Nc1ccc(F)c(F)c1N1CCC2(O)CCCCC2C1. The van der Waals surface area contributed by atoms with Gasteiger partial charge in [0.05, 0.1) is 17.0 Å². The molecule has 0 bridgehead atoms. The maximum Gasteiger partial charge on any atom is 0.184 e. The molecular weight excluding hydrogens is 262 g/mol. The molecule has 1 saturated heterocycles. The summed E-state index contributed by atoms with van der Waals surface area (Å²) in [7, 11) is 0. The summed E-state index contributed by atoms with van der Waals surface area (Å²) in [5.74, 6) is -1.64. The Morgan fingerprint density at radius 2 is 2.05 bits per heavy atom. The van der Waals surface area contributed by atoms with Gasteiger partial charge in [-0.25, -0.2) is 8.78 Å². The molecule has 1 aliphatic heterocycles. The molecule has 0 amide bonds. The molecule has 110 valence electrons. The molecule has 0 aromatic heterocycles. The van der Waals surface area contributed by atoms with Crippen LogP contribution in [0.5, 0.6) is 0 Å². The van der Waals surface area contributed by atoms with Gasteiger partial charge in [-0.05, 0) is 31.4 Å². The van der Waals surface area contributed by atoms with Crippen LogP contribution in [0, 0.1) is 17.6 Å². The average molecular weight is 282 g/mol. The van der Waals surface area contributed by atoms with E-state index in [1.54, 1.807) is 4.90 Å². The smallest absolute Gasteiger partial charge is 0.184 e. The molecule has 2 fully saturated rings. The number of nitrogens with zero attached hydrogens (tertiary/aromatic N) is 1. The summed E-state index contributed by atoms with van der Waals surface area (Å²) in [6.45, 7) is 1.05. The maximum absolute atomic E-state index is 14.0. The van der Waals surface area contributed by atoms with E-state index in [1.165, 1.54) is 6.07 Å². The van der Waals surface area contributed by atoms with Crippen LogP contribution in [0.15, 0.2) is 12.1 Å². The van der Waals surface area contributed by atoms with Crippen molar-refractivity contribution in [3.05, 3.63) is 23.8 Å². The number of hydrogen-bond acceptors (Lipinski definition) is 3. The molecular formula is C15H20F2N2O. The molecule has 3 nitrogen and oxygen atoms in total. The quantitative estimate of drug-likeness (QED) is 0.779. The fraction of sp³-hybridized carbons (Fsp3) is 0.600. The number of piperidine rings is 1. The second-order valence-corrected chi connectivity index (χ2v) is 6.04. The summed E-state index contributed by atoms with van der Waals surface area (Å²) in [6, 6.07) is 2.45. The van der Waals surface area contributed by atoms with Crippen LogP contribution < -0.4 is 10.6 Å². The van der Waals surface area contributed by atoms with Gasteiger partial charge in [0.2, 0.25) is 0 Å². The van der Waals surface area contributed by atoms with Crippen LogP contribution in [0.2, 0.25) is 0 Å². The van der Waals surface area contributed by atoms with Gasteiger partial charge in [0.1, 0.15) is 0 Å². The Morgan fingerprint density at radius 3 is 2.85 bits per heavy atom. The lowest BCUT2D eigenvalue weighted by Gasteiger charge is -2.48. The van der Waals surface area contributed by atoms with Gasteiger partial charge in [-0.3, -0.25) is 0 Å². The number of nitrogens with two attached hydrogens (primary N) is 1. The molecule has 0 radical (unpaired) electrons. The van der Waals surface area contributed by atoms with Gasteiger partial charge in [0.15, 0.2) is 11.6 Å². The van der Waals surface area contributed by atoms with Crippen molar-refractivity contribution in [1.29, 1.82) is 0 Å². The zero-order valence-corrected chi connectivity index (χ0v) is 11.4. The Kier molecular flexibility index (Phi) is 3.32. The highest BCUT2D eigenvalue weighted by Gasteiger charge is 2.43. The van der Waals surface area contributed by atoms with Crippen molar-refractivity contribution >= 4 is 11.4 Å². The summed E-state index contributed by atoms with van der Waals surface area (Å²) in [4.78, 5) is 1.79. The van der Waals surface area contributed by atoms with E-state index >= 15 is 0 Å². The number of halogens is 2. The van der Waals surface area contributed by atoms with Crippen molar-refractivity contribution in [3.63, 3.8) is 0 Å². The Balaban J connectivity index is 1.88. The van der Waals surface area contributed by atoms with Crippen molar-refractivity contribution < 1.29 is 13.9 Å². The molecule has 20 heavy (non-hydrogen) atoms. The van der Waals surface area contributed by atoms with Crippen LogP contribution in [0.1, 0.15) is 32.1 Å². The van der Waals surface area contributed by atoms with Crippen LogP contribution in [0.25, 0.3) is 0 Å². The third-order valence-corrected chi connectivity index (χ3v) is 4.84. The molecule has 3 rings (SSSR count). The number of aliphatic hydroxyl groups is 1. The third kappa shape index (κ3) is 2.14. The highest BCUT2D eigenvalue weighted by Crippen LogP contribution is 2.42. The average Bonchev–Trinajstić information content (AvgIpc) is 2.43. The molecule has 1 aromatic carbocycles. The first-order valence-corrected chi connectivity index (χ1v) is 7.22. The number of hydrogen-bond donors (Lipinski definition) is 2. The summed E-state index contributed by atoms with van der Waals surface area (Å²) in [5, 5.41) is 10.6. The first-order chi connectivity index (χ1) is 9.51. The largest absolute Gasteiger partial charge is 0.397 e. The Bertz CT molecular complexity index is 523. The number of rotatable bonds is 1. The van der Waals surface area contributed by atoms with E-state index in [4.69, 9.17) is 5.73 Å². The lowest BCUT2D eigenvalue weighted by molar-refractivity contribution is -0.0613. The molecule has 2 aliphatic rings. The van der Waals surface area contributed by atoms with Crippen LogP contribution in [-0.2, 0) is 0 Å². The summed E-state index contributed by atoms with van der Waals surface area (Å²) < 4.78 is 27.4. The molecule has 2 atom stereocenters. The molecule has 5 heteroatoms. The van der Waals surface area contributed by atoms with E-state index in [2.05, 4.69) is 0 Å². The molecule has 2 unspecified atom stereocenters. The second-order valence-electron chi connectivity index (χ2n) is 6.04. The van der Waals surface area contributed by atoms with E-state index in [0.717, 1.165) is 31.7 Å². The van der Waals surface area contributed by atoms with Crippen molar-refractivity contribution in [2.45, 2.75) is 37.7 Å². The minimum Gasteiger partial charge on any atom is -0.397 e. The fourth-order valence-electron chi connectivity index (χ4n) is 3.65. The first kappa shape index (κ1) is 13.6. The van der Waals surface area contributed by atoms with E-state index in [-0.39, 0.29) is 17.3 Å². The third-order valence-electron chi connectivity index (χ3n) is 4.84. The zero-order valence-electron chi connectivity index (χ0n) is 11.4. The highest BCUT2D eigenvalue weighted by molar-refractivity contribution is 5.68. The van der Waals surface area contributed by atoms with Gasteiger partial charge < -0.3 is 15.7 Å². The van der Waals surface area contributed by atoms with E-state index in [9.17, 15) is 13.9 Å². The van der Waals surface area contributed by atoms with Gasteiger partial charge in [-0.15, -0.1) is 0 Å². The minimum atomic E-state index is -0.883. The second kappa shape index (κ2) is 4.88. The maximum atomic E-state index is 14.0. The standard InChI is InChI=1S/C15H20F2N2O/c16-11-4-5-12(18)14(13(11)17)19-8-7-15(20)6-2-1-3-10(15)9-19/h4-5,10,20H,1-3,6-9,18H2. The molecule has 1 aliphatic carbocycles. The number of fused-ring (bicyclic) bond motifs is 1. The predicted molar refractivity (Wildman–Crippen MR) is 74.5 cm³/mol. The lowest BCUT2D eigenvalue weighted by Crippen LogP contribution is -2.53. The summed E-state index contributed by atoms with van der Waals surface area (Å²) in [5.41, 5.74) is 5.58. The van der Waals surface area contributed by atoms with E-state index in [1.807, 2.05) is 0 Å². The van der Waals surface area contributed by atoms with Gasteiger partial charge in [-0.1, -0.05) is 12.8 Å². The number of anilines is 2. The zero-order chi connectivity index (χ0) is 14.3. The Morgan fingerprint density at radius 1 is 1.25 bits per heavy atom. The van der Waals surface area contributed by atoms with Crippen molar-refractivity contribution in [3.8, 4) is 0 Å². The monoisotopic (exact) mass is 282 g/mol. The highest BCUT2D eigenvalue weighted by atomic mass is 19.2.